The highest BCUT2D eigenvalue weighted by Gasteiger charge is 2.24. The lowest BCUT2D eigenvalue weighted by molar-refractivity contribution is 0.180. The predicted molar refractivity (Wildman–Crippen MR) is 78.2 cm³/mol. The van der Waals surface area contributed by atoms with Gasteiger partial charge in [-0.05, 0) is 60.4 Å². The molecule has 0 heterocycles. The maximum Gasteiger partial charge on any atom is 0.206 e. The first-order valence-electron chi connectivity index (χ1n) is 6.72. The van der Waals surface area contributed by atoms with Crippen LogP contribution in [0.15, 0.2) is 52.3 Å². The third kappa shape index (κ3) is 2.43. The lowest BCUT2D eigenvalue weighted by Crippen LogP contribution is -2.03. The van der Waals surface area contributed by atoms with E-state index in [1.165, 1.54) is 19.2 Å². The van der Waals surface area contributed by atoms with Crippen molar-refractivity contribution in [2.75, 3.05) is 7.11 Å². The lowest BCUT2D eigenvalue weighted by Gasteiger charge is -2.09. The highest BCUT2D eigenvalue weighted by molar-refractivity contribution is 7.91. The van der Waals surface area contributed by atoms with Crippen molar-refractivity contribution in [3.8, 4) is 5.75 Å². The van der Waals surface area contributed by atoms with Crippen LogP contribution in [0.25, 0.3) is 0 Å². The molecule has 4 nitrogen and oxygen atoms in total. The average molecular weight is 304 g/mol. The van der Waals surface area contributed by atoms with E-state index >= 15 is 0 Å². The van der Waals surface area contributed by atoms with Crippen molar-refractivity contribution >= 4 is 9.84 Å². The van der Waals surface area contributed by atoms with Crippen LogP contribution in [0.5, 0.6) is 5.75 Å². The third-order valence-corrected chi connectivity index (χ3v) is 5.61. The third-order valence-electron chi connectivity index (χ3n) is 3.84. The minimum atomic E-state index is -3.54. The Morgan fingerprint density at radius 2 is 1.76 bits per heavy atom. The zero-order chi connectivity index (χ0) is 15.0. The van der Waals surface area contributed by atoms with Gasteiger partial charge in [0.05, 0.1) is 23.0 Å². The zero-order valence-electron chi connectivity index (χ0n) is 11.6. The first-order chi connectivity index (χ1) is 10.0. The Bertz CT molecular complexity index is 763. The highest BCUT2D eigenvalue weighted by atomic mass is 32.2. The Labute approximate surface area is 123 Å². The number of methoxy groups -OCH3 is 1. The van der Waals surface area contributed by atoms with Gasteiger partial charge in [-0.15, -0.1) is 0 Å². The van der Waals surface area contributed by atoms with Crippen LogP contribution in [0.4, 0.5) is 0 Å². The molecular weight excluding hydrogens is 288 g/mol. The second kappa shape index (κ2) is 5.16. The summed E-state index contributed by atoms with van der Waals surface area (Å²) >= 11 is 0. The van der Waals surface area contributed by atoms with Crippen molar-refractivity contribution in [1.82, 2.24) is 0 Å². The summed E-state index contributed by atoms with van der Waals surface area (Å²) in [6.45, 7) is 0. The summed E-state index contributed by atoms with van der Waals surface area (Å²) in [5, 5.41) is 9.79. The molecule has 0 radical (unpaired) electrons. The Balaban J connectivity index is 2.02. The second-order valence-electron chi connectivity index (χ2n) is 5.09. The molecule has 1 aliphatic rings. The smallest absolute Gasteiger partial charge is 0.206 e. The van der Waals surface area contributed by atoms with Gasteiger partial charge in [-0.3, -0.25) is 0 Å². The molecule has 1 aliphatic carbocycles. The Kier molecular flexibility index (Phi) is 3.47. The van der Waals surface area contributed by atoms with Crippen LogP contribution in [-0.4, -0.2) is 20.6 Å². The summed E-state index contributed by atoms with van der Waals surface area (Å²) in [7, 11) is -2.00. The van der Waals surface area contributed by atoms with Crippen LogP contribution in [0.3, 0.4) is 0 Å². The number of benzene rings is 2. The first-order valence-corrected chi connectivity index (χ1v) is 8.21. The molecule has 2 aromatic rings. The predicted octanol–water partition coefficient (Wildman–Crippen LogP) is 2.51. The van der Waals surface area contributed by atoms with E-state index in [0.29, 0.717) is 18.6 Å². The van der Waals surface area contributed by atoms with Crippen LogP contribution in [-0.2, 0) is 16.3 Å². The summed E-state index contributed by atoms with van der Waals surface area (Å²) in [4.78, 5) is 0.502. The SMILES string of the molecule is COc1ccc(S(=O)(=O)c2ccc3c(c2)CCC3O)cc1. The number of hydrogen-bond donors (Lipinski definition) is 1. The standard InChI is InChI=1S/C16H16O4S/c1-20-12-3-5-13(6-4-12)21(18,19)14-7-8-15-11(10-14)2-9-16(15)17/h3-8,10,16-17H,2,9H2,1H3. The van der Waals surface area contributed by atoms with Gasteiger partial charge in [0.1, 0.15) is 5.75 Å². The molecule has 1 unspecified atom stereocenters. The van der Waals surface area contributed by atoms with Gasteiger partial charge >= 0.3 is 0 Å². The summed E-state index contributed by atoms with van der Waals surface area (Å²) in [6, 6.07) is 11.3. The molecule has 0 saturated carbocycles. The number of aliphatic hydroxyl groups excluding tert-OH is 1. The fraction of sp³-hybridized carbons (Fsp3) is 0.250. The van der Waals surface area contributed by atoms with Crippen molar-refractivity contribution in [2.24, 2.45) is 0 Å². The van der Waals surface area contributed by atoms with Crippen LogP contribution < -0.4 is 4.74 Å². The van der Waals surface area contributed by atoms with Crippen LogP contribution in [0.1, 0.15) is 23.7 Å². The first kappa shape index (κ1) is 14.1. The molecule has 0 spiro atoms. The highest BCUT2D eigenvalue weighted by Crippen LogP contribution is 2.33. The van der Waals surface area contributed by atoms with Gasteiger partial charge in [-0.25, -0.2) is 8.42 Å². The van der Waals surface area contributed by atoms with Gasteiger partial charge in [-0.2, -0.15) is 0 Å². The van der Waals surface area contributed by atoms with Crippen molar-refractivity contribution < 1.29 is 18.3 Å². The monoisotopic (exact) mass is 304 g/mol. The van der Waals surface area contributed by atoms with Gasteiger partial charge in [-0.1, -0.05) is 6.07 Å². The quantitative estimate of drug-likeness (QED) is 0.946. The van der Waals surface area contributed by atoms with Crippen LogP contribution >= 0.6 is 0 Å². The summed E-state index contributed by atoms with van der Waals surface area (Å²) in [5.74, 6) is 0.617. The van der Waals surface area contributed by atoms with E-state index in [4.69, 9.17) is 4.74 Å². The molecular formula is C16H16O4S. The molecule has 2 aromatic carbocycles. The fourth-order valence-electron chi connectivity index (χ4n) is 2.63. The van der Waals surface area contributed by atoms with Crippen LogP contribution in [0.2, 0.25) is 0 Å². The molecule has 1 atom stereocenters. The molecule has 0 saturated heterocycles. The topological polar surface area (TPSA) is 63.6 Å². The molecule has 1 N–H and O–H groups in total. The minimum Gasteiger partial charge on any atom is -0.497 e. The summed E-state index contributed by atoms with van der Waals surface area (Å²) in [6.07, 6.45) is 0.891. The van der Waals surface area contributed by atoms with Crippen LogP contribution in [0, 0.1) is 0 Å². The largest absolute Gasteiger partial charge is 0.497 e. The Morgan fingerprint density at radius 1 is 1.10 bits per heavy atom. The average Bonchev–Trinajstić information content (AvgIpc) is 2.88. The van der Waals surface area contributed by atoms with Crippen molar-refractivity contribution in [3.05, 3.63) is 53.6 Å². The molecule has 0 aliphatic heterocycles. The van der Waals surface area contributed by atoms with E-state index in [1.807, 2.05) is 0 Å². The fourth-order valence-corrected chi connectivity index (χ4v) is 3.94. The van der Waals surface area contributed by atoms with E-state index in [1.54, 1.807) is 30.3 Å². The van der Waals surface area contributed by atoms with E-state index in [0.717, 1.165) is 11.1 Å². The maximum atomic E-state index is 12.6. The zero-order valence-corrected chi connectivity index (χ0v) is 12.4. The molecule has 3 rings (SSSR count). The van der Waals surface area contributed by atoms with Crippen molar-refractivity contribution in [1.29, 1.82) is 0 Å². The van der Waals surface area contributed by atoms with Gasteiger partial charge < -0.3 is 9.84 Å². The molecule has 110 valence electrons. The maximum absolute atomic E-state index is 12.6. The van der Waals surface area contributed by atoms with Crippen molar-refractivity contribution in [2.45, 2.75) is 28.7 Å². The van der Waals surface area contributed by atoms with E-state index in [-0.39, 0.29) is 9.79 Å². The molecule has 21 heavy (non-hydrogen) atoms. The van der Waals surface area contributed by atoms with Gasteiger partial charge in [0.25, 0.3) is 0 Å². The molecule has 5 heteroatoms. The Morgan fingerprint density at radius 3 is 2.43 bits per heavy atom. The number of hydrogen-bond acceptors (Lipinski definition) is 4. The molecule has 0 bridgehead atoms. The van der Waals surface area contributed by atoms with E-state index in [2.05, 4.69) is 0 Å². The number of fused-ring (bicyclic) bond motifs is 1. The minimum absolute atomic E-state index is 0.238. The molecule has 0 amide bonds. The molecule has 0 fully saturated rings. The Hall–Kier alpha value is -1.85. The summed E-state index contributed by atoms with van der Waals surface area (Å²) in [5.41, 5.74) is 1.75. The number of rotatable bonds is 3. The lowest BCUT2D eigenvalue weighted by atomic mass is 10.1. The van der Waals surface area contributed by atoms with Gasteiger partial charge in [0, 0.05) is 0 Å². The number of aliphatic hydroxyl groups is 1. The van der Waals surface area contributed by atoms with Gasteiger partial charge in [0.2, 0.25) is 9.84 Å². The summed E-state index contributed by atoms with van der Waals surface area (Å²) < 4.78 is 30.3. The number of ether oxygens (including phenoxy) is 1. The molecule has 0 aromatic heterocycles. The van der Waals surface area contributed by atoms with Gasteiger partial charge in [0.15, 0.2) is 0 Å². The number of sulfone groups is 1. The normalized spacial score (nSPS) is 17.5. The van der Waals surface area contributed by atoms with E-state index < -0.39 is 15.9 Å². The van der Waals surface area contributed by atoms with Crippen molar-refractivity contribution in [3.63, 3.8) is 0 Å². The second-order valence-corrected chi connectivity index (χ2v) is 7.04. The van der Waals surface area contributed by atoms with E-state index in [9.17, 15) is 13.5 Å². The number of aryl methyl sites for hydroxylation is 1.